The fraction of sp³-hybridized carbons (Fsp3) is 0.400. The van der Waals surface area contributed by atoms with E-state index in [1.807, 2.05) is 17.7 Å². The largest absolute Gasteiger partial charge is 0.305 e. The van der Waals surface area contributed by atoms with Crippen LogP contribution in [0.5, 0.6) is 0 Å². The van der Waals surface area contributed by atoms with Gasteiger partial charge >= 0.3 is 0 Å². The number of halogens is 3. The van der Waals surface area contributed by atoms with Gasteiger partial charge in [-0.3, -0.25) is 4.68 Å². The number of rotatable bonds is 5. The molecule has 0 aliphatic heterocycles. The van der Waals surface area contributed by atoms with Crippen molar-refractivity contribution in [2.45, 2.75) is 32.9 Å². The third kappa shape index (κ3) is 3.30. The van der Waals surface area contributed by atoms with Crippen molar-refractivity contribution in [1.29, 1.82) is 0 Å². The van der Waals surface area contributed by atoms with Gasteiger partial charge in [0.05, 0.1) is 27.4 Å². The van der Waals surface area contributed by atoms with Crippen LogP contribution >= 0.6 is 27.5 Å². The zero-order valence-electron chi connectivity index (χ0n) is 12.2. The second-order valence-corrected chi connectivity index (χ2v) is 6.28. The molecule has 0 radical (unpaired) electrons. The Morgan fingerprint density at radius 3 is 2.76 bits per heavy atom. The van der Waals surface area contributed by atoms with Gasteiger partial charge in [-0.15, -0.1) is 0 Å². The van der Waals surface area contributed by atoms with Crippen molar-refractivity contribution >= 4 is 27.5 Å². The second-order valence-electron chi connectivity index (χ2n) is 5.05. The summed E-state index contributed by atoms with van der Waals surface area (Å²) in [6.07, 6.45) is 1.76. The maximum absolute atomic E-state index is 13.8. The highest BCUT2D eigenvalue weighted by Crippen LogP contribution is 2.34. The fourth-order valence-electron chi connectivity index (χ4n) is 2.33. The first-order valence-corrected chi connectivity index (χ1v) is 8.04. The van der Waals surface area contributed by atoms with Crippen molar-refractivity contribution in [3.05, 3.63) is 51.0 Å². The van der Waals surface area contributed by atoms with E-state index in [0.29, 0.717) is 5.56 Å². The molecule has 2 aromatic rings. The second kappa shape index (κ2) is 6.90. The average molecular weight is 375 g/mol. The van der Waals surface area contributed by atoms with Crippen molar-refractivity contribution in [1.82, 2.24) is 15.1 Å². The monoisotopic (exact) mass is 373 g/mol. The van der Waals surface area contributed by atoms with Gasteiger partial charge in [0.25, 0.3) is 0 Å². The van der Waals surface area contributed by atoms with Crippen LogP contribution in [0, 0.1) is 5.82 Å². The first-order chi connectivity index (χ1) is 9.97. The van der Waals surface area contributed by atoms with Crippen LogP contribution in [-0.4, -0.2) is 16.3 Å². The highest BCUT2D eigenvalue weighted by molar-refractivity contribution is 9.10. The first kappa shape index (κ1) is 16.5. The minimum atomic E-state index is -0.413. The van der Waals surface area contributed by atoms with Crippen LogP contribution in [0.15, 0.2) is 28.9 Å². The maximum Gasteiger partial charge on any atom is 0.142 e. The molecule has 1 atom stereocenters. The van der Waals surface area contributed by atoms with E-state index in [9.17, 15) is 4.39 Å². The van der Waals surface area contributed by atoms with Crippen molar-refractivity contribution in [2.75, 3.05) is 6.54 Å². The number of nitrogens with zero attached hydrogens (tertiary/aromatic N) is 2. The Labute approximate surface area is 137 Å². The van der Waals surface area contributed by atoms with E-state index in [2.05, 4.69) is 40.2 Å². The lowest BCUT2D eigenvalue weighted by Crippen LogP contribution is -2.26. The van der Waals surface area contributed by atoms with E-state index in [1.165, 1.54) is 6.07 Å². The number of nitrogens with one attached hydrogen (secondary N) is 1. The molecule has 0 saturated heterocycles. The van der Waals surface area contributed by atoms with Gasteiger partial charge in [-0.1, -0.05) is 30.7 Å². The Morgan fingerprint density at radius 1 is 1.43 bits per heavy atom. The van der Waals surface area contributed by atoms with Crippen molar-refractivity contribution in [3.63, 3.8) is 0 Å². The third-order valence-electron chi connectivity index (χ3n) is 3.25. The molecule has 6 heteroatoms. The van der Waals surface area contributed by atoms with Crippen LogP contribution in [0.25, 0.3) is 0 Å². The zero-order chi connectivity index (χ0) is 15.6. The van der Waals surface area contributed by atoms with Gasteiger partial charge in [0.15, 0.2) is 0 Å². The molecule has 1 unspecified atom stereocenters. The maximum atomic E-state index is 13.8. The number of aromatic nitrogens is 2. The van der Waals surface area contributed by atoms with E-state index in [-0.39, 0.29) is 17.1 Å². The standard InChI is InChI=1S/C15H18BrClFN3/c1-4-19-14(10-6-5-7-12(18)13(10)17)15-11(16)8-20-21(15)9(2)3/h5-9,14,19H,4H2,1-3H3. The zero-order valence-corrected chi connectivity index (χ0v) is 14.5. The summed E-state index contributed by atoms with van der Waals surface area (Å²) in [6, 6.07) is 4.84. The van der Waals surface area contributed by atoms with Gasteiger partial charge in [0.1, 0.15) is 5.82 Å². The smallest absolute Gasteiger partial charge is 0.142 e. The van der Waals surface area contributed by atoms with Crippen LogP contribution in [0.2, 0.25) is 5.02 Å². The predicted molar refractivity (Wildman–Crippen MR) is 87.2 cm³/mol. The lowest BCUT2D eigenvalue weighted by molar-refractivity contribution is 0.474. The Balaban J connectivity index is 2.59. The lowest BCUT2D eigenvalue weighted by atomic mass is 10.0. The molecular weight excluding hydrogens is 357 g/mol. The average Bonchev–Trinajstić information content (AvgIpc) is 2.82. The quantitative estimate of drug-likeness (QED) is 0.821. The Bertz CT molecular complexity index is 627. The van der Waals surface area contributed by atoms with Crippen LogP contribution in [0.1, 0.15) is 44.1 Å². The molecule has 0 aliphatic rings. The van der Waals surface area contributed by atoms with Gasteiger partial charge in [-0.25, -0.2) is 4.39 Å². The number of hydrogen-bond acceptors (Lipinski definition) is 2. The van der Waals surface area contributed by atoms with E-state index in [0.717, 1.165) is 16.7 Å². The van der Waals surface area contributed by atoms with E-state index >= 15 is 0 Å². The van der Waals surface area contributed by atoms with Gasteiger partial charge in [0, 0.05) is 6.04 Å². The molecular formula is C15H18BrClFN3. The molecule has 114 valence electrons. The molecule has 1 aromatic heterocycles. The highest BCUT2D eigenvalue weighted by Gasteiger charge is 2.25. The Kier molecular flexibility index (Phi) is 5.41. The van der Waals surface area contributed by atoms with Gasteiger partial charge in [-0.05, 0) is 48.0 Å². The molecule has 0 aliphatic carbocycles. The minimum Gasteiger partial charge on any atom is -0.305 e. The van der Waals surface area contributed by atoms with E-state index in [4.69, 9.17) is 11.6 Å². The Morgan fingerprint density at radius 2 is 2.14 bits per heavy atom. The third-order valence-corrected chi connectivity index (χ3v) is 4.26. The number of benzene rings is 1. The molecule has 0 amide bonds. The van der Waals surface area contributed by atoms with E-state index in [1.54, 1.807) is 12.3 Å². The van der Waals surface area contributed by atoms with E-state index < -0.39 is 5.82 Å². The number of hydrogen-bond donors (Lipinski definition) is 1. The molecule has 21 heavy (non-hydrogen) atoms. The molecule has 0 saturated carbocycles. The van der Waals surface area contributed by atoms with Crippen LogP contribution in [-0.2, 0) is 0 Å². The van der Waals surface area contributed by atoms with Crippen molar-refractivity contribution < 1.29 is 4.39 Å². The summed E-state index contributed by atoms with van der Waals surface area (Å²) in [5.41, 5.74) is 1.65. The SMILES string of the molecule is CCNC(c1cccc(F)c1Cl)c1c(Br)cnn1C(C)C. The topological polar surface area (TPSA) is 29.9 Å². The van der Waals surface area contributed by atoms with Crippen LogP contribution in [0.3, 0.4) is 0 Å². The molecule has 1 N–H and O–H groups in total. The summed E-state index contributed by atoms with van der Waals surface area (Å²) in [6.45, 7) is 6.84. The predicted octanol–water partition coefficient (Wildman–Crippen LogP) is 4.72. The highest BCUT2D eigenvalue weighted by atomic mass is 79.9. The van der Waals surface area contributed by atoms with Gasteiger partial charge < -0.3 is 5.32 Å². The fourth-order valence-corrected chi connectivity index (χ4v) is 3.07. The molecule has 0 bridgehead atoms. The molecule has 0 fully saturated rings. The lowest BCUT2D eigenvalue weighted by Gasteiger charge is -2.23. The summed E-state index contributed by atoms with van der Waals surface area (Å²) in [7, 11) is 0. The summed E-state index contributed by atoms with van der Waals surface area (Å²) in [4.78, 5) is 0. The molecule has 1 heterocycles. The molecule has 0 spiro atoms. The first-order valence-electron chi connectivity index (χ1n) is 6.87. The minimum absolute atomic E-state index is 0.145. The van der Waals surface area contributed by atoms with Crippen molar-refractivity contribution in [2.24, 2.45) is 0 Å². The Hall–Kier alpha value is -0.910. The summed E-state index contributed by atoms with van der Waals surface area (Å²) >= 11 is 9.70. The van der Waals surface area contributed by atoms with Crippen LogP contribution < -0.4 is 5.32 Å². The molecule has 1 aromatic carbocycles. The normalized spacial score (nSPS) is 12.9. The van der Waals surface area contributed by atoms with Crippen LogP contribution in [0.4, 0.5) is 4.39 Å². The summed E-state index contributed by atoms with van der Waals surface area (Å²) in [5, 5.41) is 7.90. The van der Waals surface area contributed by atoms with Gasteiger partial charge in [0.2, 0.25) is 0 Å². The molecule has 3 nitrogen and oxygen atoms in total. The van der Waals surface area contributed by atoms with Crippen molar-refractivity contribution in [3.8, 4) is 0 Å². The molecule has 2 rings (SSSR count). The van der Waals surface area contributed by atoms with Gasteiger partial charge in [-0.2, -0.15) is 5.10 Å². The summed E-state index contributed by atoms with van der Waals surface area (Å²) in [5.74, 6) is -0.413. The summed E-state index contributed by atoms with van der Waals surface area (Å²) < 4.78 is 16.6.